The van der Waals surface area contributed by atoms with Gasteiger partial charge in [0.15, 0.2) is 0 Å². The predicted octanol–water partition coefficient (Wildman–Crippen LogP) is 0.0784. The molecule has 4 heteroatoms. The molecule has 0 aromatic heterocycles. The highest BCUT2D eigenvalue weighted by Crippen LogP contribution is 2.36. The van der Waals surface area contributed by atoms with Crippen molar-refractivity contribution in [2.24, 2.45) is 16.6 Å². The monoisotopic (exact) mass is 143 g/mol. The highest BCUT2D eigenvalue weighted by molar-refractivity contribution is 5.76. The second-order valence-electron chi connectivity index (χ2n) is 2.60. The summed E-state index contributed by atoms with van der Waals surface area (Å²) in [5.41, 5.74) is 7.03. The molecule has 1 rings (SSSR count). The second-order valence-corrected chi connectivity index (χ2v) is 2.60. The summed E-state index contributed by atoms with van der Waals surface area (Å²) >= 11 is 0. The normalized spacial score (nSPS) is 32.0. The van der Waals surface area contributed by atoms with E-state index in [0.717, 1.165) is 12.8 Å². The first-order valence-corrected chi connectivity index (χ1v) is 3.51. The zero-order chi connectivity index (χ0) is 7.56. The Morgan fingerprint density at radius 2 is 2.60 bits per heavy atom. The van der Waals surface area contributed by atoms with Crippen molar-refractivity contribution in [3.8, 4) is 0 Å². The molecule has 0 saturated heterocycles. The largest absolute Gasteiger partial charge is 0.368 e. The van der Waals surface area contributed by atoms with Crippen LogP contribution in [0, 0.1) is 5.92 Å². The fraction of sp³-hybridized carbons (Fsp3) is 0.833. The van der Waals surface area contributed by atoms with Gasteiger partial charge >= 0.3 is 0 Å². The van der Waals surface area contributed by atoms with E-state index in [1.54, 1.807) is 0 Å². The van der Waals surface area contributed by atoms with E-state index in [-0.39, 0.29) is 5.96 Å². The van der Waals surface area contributed by atoms with Gasteiger partial charge in [0.1, 0.15) is 0 Å². The summed E-state index contributed by atoms with van der Waals surface area (Å²) in [5, 5.41) is 8.26. The number of nitrogens with zero attached hydrogens (tertiary/aromatic N) is 1. The molecule has 0 aliphatic heterocycles. The number of hydrogen-bond acceptors (Lipinski definition) is 2. The van der Waals surface area contributed by atoms with E-state index in [9.17, 15) is 0 Å². The van der Waals surface area contributed by atoms with Crippen LogP contribution < -0.4 is 11.2 Å². The van der Waals surface area contributed by atoms with E-state index in [0.29, 0.717) is 12.0 Å². The van der Waals surface area contributed by atoms with Crippen LogP contribution in [0.5, 0.6) is 0 Å². The molecule has 4 N–H and O–H groups in total. The van der Waals surface area contributed by atoms with Crippen LogP contribution in [0.25, 0.3) is 0 Å². The van der Waals surface area contributed by atoms with E-state index >= 15 is 0 Å². The third-order valence-corrected chi connectivity index (χ3v) is 1.83. The SMILES string of the molecule is CCC1CC1N=C(N)NO. The van der Waals surface area contributed by atoms with E-state index < -0.39 is 0 Å². The van der Waals surface area contributed by atoms with E-state index in [2.05, 4.69) is 11.9 Å². The first kappa shape index (κ1) is 7.34. The zero-order valence-corrected chi connectivity index (χ0v) is 6.04. The molecular weight excluding hydrogens is 130 g/mol. The van der Waals surface area contributed by atoms with E-state index in [1.165, 1.54) is 0 Å². The summed E-state index contributed by atoms with van der Waals surface area (Å²) < 4.78 is 0. The van der Waals surface area contributed by atoms with Crippen molar-refractivity contribution in [2.45, 2.75) is 25.8 Å². The van der Waals surface area contributed by atoms with Crippen LogP contribution in [-0.2, 0) is 0 Å². The maximum atomic E-state index is 8.26. The molecule has 10 heavy (non-hydrogen) atoms. The number of rotatable bonds is 2. The molecule has 0 aromatic rings. The fourth-order valence-corrected chi connectivity index (χ4v) is 1.04. The van der Waals surface area contributed by atoms with Crippen LogP contribution in [0.1, 0.15) is 19.8 Å². The van der Waals surface area contributed by atoms with Gasteiger partial charge in [-0.3, -0.25) is 5.21 Å². The molecule has 1 saturated carbocycles. The topological polar surface area (TPSA) is 70.6 Å². The average Bonchev–Trinajstić information content (AvgIpc) is 2.67. The van der Waals surface area contributed by atoms with Crippen molar-refractivity contribution in [2.75, 3.05) is 0 Å². The Bertz CT molecular complexity index is 146. The first-order valence-electron chi connectivity index (χ1n) is 3.51. The fourth-order valence-electron chi connectivity index (χ4n) is 1.04. The average molecular weight is 143 g/mol. The minimum Gasteiger partial charge on any atom is -0.368 e. The van der Waals surface area contributed by atoms with Crippen LogP contribution in [0.2, 0.25) is 0 Å². The van der Waals surface area contributed by atoms with Crippen LogP contribution >= 0.6 is 0 Å². The number of aliphatic imine (C=N–C) groups is 1. The summed E-state index contributed by atoms with van der Waals surface area (Å²) in [6, 6.07) is 0.352. The number of hydrogen-bond donors (Lipinski definition) is 3. The summed E-state index contributed by atoms with van der Waals surface area (Å²) in [5.74, 6) is 0.813. The van der Waals surface area contributed by atoms with Gasteiger partial charge in [0, 0.05) is 0 Å². The summed E-state index contributed by atoms with van der Waals surface area (Å²) in [7, 11) is 0. The number of nitrogens with one attached hydrogen (secondary N) is 1. The van der Waals surface area contributed by atoms with Crippen molar-refractivity contribution >= 4 is 5.96 Å². The molecule has 0 aromatic carbocycles. The molecule has 0 radical (unpaired) electrons. The smallest absolute Gasteiger partial charge is 0.213 e. The summed E-state index contributed by atoms with van der Waals surface area (Å²) in [6.45, 7) is 2.13. The molecule has 1 aliphatic carbocycles. The van der Waals surface area contributed by atoms with Gasteiger partial charge in [0.2, 0.25) is 5.96 Å². The van der Waals surface area contributed by atoms with Crippen molar-refractivity contribution in [3.05, 3.63) is 0 Å². The first-order chi connectivity index (χ1) is 4.77. The van der Waals surface area contributed by atoms with Crippen molar-refractivity contribution in [1.82, 2.24) is 5.48 Å². The lowest BCUT2D eigenvalue weighted by Gasteiger charge is -1.94. The van der Waals surface area contributed by atoms with Crippen molar-refractivity contribution < 1.29 is 5.21 Å². The van der Waals surface area contributed by atoms with Crippen molar-refractivity contribution in [1.29, 1.82) is 0 Å². The number of guanidine groups is 1. The second kappa shape index (κ2) is 2.88. The zero-order valence-electron chi connectivity index (χ0n) is 6.04. The van der Waals surface area contributed by atoms with Gasteiger partial charge in [-0.25, -0.2) is 10.5 Å². The van der Waals surface area contributed by atoms with Gasteiger partial charge in [-0.15, -0.1) is 0 Å². The third kappa shape index (κ3) is 1.60. The van der Waals surface area contributed by atoms with Gasteiger partial charge in [0.25, 0.3) is 0 Å². The van der Waals surface area contributed by atoms with E-state index in [4.69, 9.17) is 10.9 Å². The minimum absolute atomic E-state index is 0.126. The van der Waals surface area contributed by atoms with Gasteiger partial charge in [-0.1, -0.05) is 13.3 Å². The molecular formula is C6H13N3O. The Morgan fingerprint density at radius 1 is 1.90 bits per heavy atom. The van der Waals surface area contributed by atoms with E-state index in [1.807, 2.05) is 5.48 Å². The molecule has 0 spiro atoms. The van der Waals surface area contributed by atoms with Crippen molar-refractivity contribution in [3.63, 3.8) is 0 Å². The molecule has 2 unspecified atom stereocenters. The third-order valence-electron chi connectivity index (χ3n) is 1.83. The molecule has 58 valence electrons. The highest BCUT2D eigenvalue weighted by Gasteiger charge is 2.35. The maximum absolute atomic E-state index is 8.26. The molecule has 4 nitrogen and oxygen atoms in total. The van der Waals surface area contributed by atoms with Crippen LogP contribution in [0.4, 0.5) is 0 Å². The van der Waals surface area contributed by atoms with Gasteiger partial charge in [-0.2, -0.15) is 0 Å². The van der Waals surface area contributed by atoms with Crippen LogP contribution in [0.15, 0.2) is 4.99 Å². The Balaban J connectivity index is 2.28. The lowest BCUT2D eigenvalue weighted by molar-refractivity contribution is 0.232. The van der Waals surface area contributed by atoms with Crippen LogP contribution in [-0.4, -0.2) is 17.2 Å². The quantitative estimate of drug-likeness (QED) is 0.291. The Morgan fingerprint density at radius 3 is 3.00 bits per heavy atom. The number of nitrogens with two attached hydrogens (primary N) is 1. The Hall–Kier alpha value is -0.770. The molecule has 0 amide bonds. The lowest BCUT2D eigenvalue weighted by Crippen LogP contribution is -2.28. The predicted molar refractivity (Wildman–Crippen MR) is 38.7 cm³/mol. The number of hydroxylamine groups is 1. The molecule has 1 aliphatic rings. The molecule has 0 bridgehead atoms. The lowest BCUT2D eigenvalue weighted by atomic mass is 10.3. The highest BCUT2D eigenvalue weighted by atomic mass is 16.5. The molecule has 1 fully saturated rings. The van der Waals surface area contributed by atoms with Gasteiger partial charge in [-0.05, 0) is 12.3 Å². The summed E-state index contributed by atoms with van der Waals surface area (Å²) in [4.78, 5) is 3.99. The summed E-state index contributed by atoms with van der Waals surface area (Å²) in [6.07, 6.45) is 2.26. The van der Waals surface area contributed by atoms with Gasteiger partial charge < -0.3 is 5.73 Å². The minimum atomic E-state index is 0.126. The van der Waals surface area contributed by atoms with Gasteiger partial charge in [0.05, 0.1) is 6.04 Å². The molecule has 0 heterocycles. The molecule has 2 atom stereocenters. The van der Waals surface area contributed by atoms with Crippen LogP contribution in [0.3, 0.4) is 0 Å². The Kier molecular flexibility index (Phi) is 2.11. The Labute approximate surface area is 60.1 Å². The maximum Gasteiger partial charge on any atom is 0.213 e. The standard InChI is InChI=1S/C6H13N3O/c1-2-4-3-5(4)8-6(7)9-10/h4-5,10H,2-3H2,1H3,(H3,7,8,9).